The average Bonchev–Trinajstić information content (AvgIpc) is 3.23. The van der Waals surface area contributed by atoms with Crippen molar-refractivity contribution in [3.63, 3.8) is 0 Å². The summed E-state index contributed by atoms with van der Waals surface area (Å²) in [5, 5.41) is 3.45. The van der Waals surface area contributed by atoms with Crippen molar-refractivity contribution in [1.82, 2.24) is 9.97 Å². The fraction of sp³-hybridized carbons (Fsp3) is 0.308. The number of esters is 1. The molecule has 1 aromatic carbocycles. The Bertz CT molecular complexity index is 1220. The predicted octanol–water partition coefficient (Wildman–Crippen LogP) is 5.36. The molecule has 182 valence electrons. The number of ether oxygens (including phenoxy) is 2. The van der Waals surface area contributed by atoms with Crippen LogP contribution in [-0.2, 0) is 15.9 Å². The number of aryl methyl sites for hydroxylation is 2. The van der Waals surface area contributed by atoms with E-state index in [0.29, 0.717) is 23.8 Å². The molecular formula is C26H27ClN4O4. The molecule has 1 fully saturated rings. The number of carbonyl (C=O) groups is 2. The number of rotatable bonds is 8. The molecule has 0 saturated carbocycles. The van der Waals surface area contributed by atoms with E-state index in [1.54, 1.807) is 17.0 Å². The maximum atomic E-state index is 12.6. The molecule has 1 aliphatic rings. The number of hydrogen-bond acceptors (Lipinski definition) is 7. The number of nitrogens with zero attached hydrogens (tertiary/aromatic N) is 3. The second kappa shape index (κ2) is 10.7. The van der Waals surface area contributed by atoms with E-state index in [4.69, 9.17) is 26.1 Å². The highest BCUT2D eigenvalue weighted by molar-refractivity contribution is 6.29. The van der Waals surface area contributed by atoms with E-state index in [1.807, 2.05) is 44.2 Å². The fourth-order valence-electron chi connectivity index (χ4n) is 4.06. The third-order valence-corrected chi connectivity index (χ3v) is 6.06. The van der Waals surface area contributed by atoms with Crippen molar-refractivity contribution in [2.45, 2.75) is 38.8 Å². The summed E-state index contributed by atoms with van der Waals surface area (Å²) in [5.74, 6) is -0.0576. The summed E-state index contributed by atoms with van der Waals surface area (Å²) in [6, 6.07) is 16.8. The lowest BCUT2D eigenvalue weighted by Crippen LogP contribution is -2.35. The van der Waals surface area contributed by atoms with Crippen LogP contribution in [0, 0.1) is 6.92 Å². The van der Waals surface area contributed by atoms with Gasteiger partial charge in [-0.25, -0.2) is 19.6 Å². The molecule has 1 amide bonds. The van der Waals surface area contributed by atoms with Gasteiger partial charge in [0, 0.05) is 0 Å². The van der Waals surface area contributed by atoms with Gasteiger partial charge in [0.1, 0.15) is 17.6 Å². The van der Waals surface area contributed by atoms with Gasteiger partial charge in [0.2, 0.25) is 0 Å². The lowest BCUT2D eigenvalue weighted by Gasteiger charge is -2.23. The van der Waals surface area contributed by atoms with Gasteiger partial charge in [-0.15, -0.1) is 0 Å². The van der Waals surface area contributed by atoms with Crippen molar-refractivity contribution in [3.8, 4) is 0 Å². The topological polar surface area (TPSA) is 93.7 Å². The van der Waals surface area contributed by atoms with Gasteiger partial charge >= 0.3 is 12.1 Å². The Morgan fingerprint density at radius 2 is 2.00 bits per heavy atom. The Labute approximate surface area is 209 Å². The molecule has 9 heteroatoms. The highest BCUT2D eigenvalue weighted by Crippen LogP contribution is 2.29. The molecule has 1 aliphatic heterocycles. The van der Waals surface area contributed by atoms with Crippen LogP contribution in [0.3, 0.4) is 0 Å². The van der Waals surface area contributed by atoms with Crippen LogP contribution in [0.4, 0.5) is 16.3 Å². The first-order valence-electron chi connectivity index (χ1n) is 11.4. The van der Waals surface area contributed by atoms with E-state index in [0.717, 1.165) is 18.4 Å². The maximum Gasteiger partial charge on any atom is 0.415 e. The van der Waals surface area contributed by atoms with E-state index in [-0.39, 0.29) is 22.9 Å². The van der Waals surface area contributed by atoms with Crippen molar-refractivity contribution in [2.24, 2.45) is 0 Å². The second-order valence-electron chi connectivity index (χ2n) is 8.44. The Morgan fingerprint density at radius 3 is 2.74 bits per heavy atom. The van der Waals surface area contributed by atoms with Crippen molar-refractivity contribution in [2.75, 3.05) is 23.9 Å². The summed E-state index contributed by atoms with van der Waals surface area (Å²) in [6.07, 6.45) is 1.19. The number of cyclic esters (lactones) is 1. The van der Waals surface area contributed by atoms with Crippen LogP contribution in [0.25, 0.3) is 0 Å². The fourth-order valence-corrected chi connectivity index (χ4v) is 4.21. The molecule has 2 atom stereocenters. The number of methoxy groups -OCH3 is 1. The lowest BCUT2D eigenvalue weighted by atomic mass is 10.0. The number of pyridine rings is 2. The number of carbonyl (C=O) groups excluding carboxylic acids is 2. The van der Waals surface area contributed by atoms with Crippen LogP contribution in [0.2, 0.25) is 5.15 Å². The minimum Gasteiger partial charge on any atom is -0.464 e. The van der Waals surface area contributed by atoms with Gasteiger partial charge in [0.15, 0.2) is 5.69 Å². The molecule has 1 saturated heterocycles. The van der Waals surface area contributed by atoms with Gasteiger partial charge in [-0.05, 0) is 62.1 Å². The summed E-state index contributed by atoms with van der Waals surface area (Å²) >= 11 is 5.97. The second-order valence-corrected chi connectivity index (χ2v) is 8.83. The van der Waals surface area contributed by atoms with Crippen molar-refractivity contribution >= 4 is 35.2 Å². The lowest BCUT2D eigenvalue weighted by molar-refractivity contribution is 0.0595. The maximum absolute atomic E-state index is 12.6. The van der Waals surface area contributed by atoms with Gasteiger partial charge in [0.05, 0.1) is 30.6 Å². The number of aromatic nitrogens is 2. The quantitative estimate of drug-likeness (QED) is 0.333. The summed E-state index contributed by atoms with van der Waals surface area (Å²) in [7, 11) is 1.29. The van der Waals surface area contributed by atoms with Gasteiger partial charge in [-0.2, -0.15) is 0 Å². The summed E-state index contributed by atoms with van der Waals surface area (Å²) in [4.78, 5) is 35.3. The first kappa shape index (κ1) is 24.5. The normalized spacial score (nSPS) is 16.1. The summed E-state index contributed by atoms with van der Waals surface area (Å²) < 4.78 is 10.2. The first-order chi connectivity index (χ1) is 16.9. The molecule has 3 aromatic rings. The van der Waals surface area contributed by atoms with Crippen molar-refractivity contribution in [1.29, 1.82) is 0 Å². The zero-order valence-electron chi connectivity index (χ0n) is 19.8. The summed E-state index contributed by atoms with van der Waals surface area (Å²) in [5.41, 5.74) is 3.42. The third kappa shape index (κ3) is 5.71. The van der Waals surface area contributed by atoms with Crippen LogP contribution in [0.5, 0.6) is 0 Å². The van der Waals surface area contributed by atoms with Crippen LogP contribution >= 0.6 is 11.6 Å². The number of nitrogens with one attached hydrogen (secondary N) is 1. The van der Waals surface area contributed by atoms with Crippen LogP contribution in [0.1, 0.15) is 46.7 Å². The molecule has 2 aromatic heterocycles. The molecule has 3 heterocycles. The van der Waals surface area contributed by atoms with Gasteiger partial charge in [-0.1, -0.05) is 41.9 Å². The van der Waals surface area contributed by atoms with E-state index in [9.17, 15) is 9.59 Å². The summed E-state index contributed by atoms with van der Waals surface area (Å²) in [6.45, 7) is 4.19. The molecule has 0 radical (unpaired) electrons. The van der Waals surface area contributed by atoms with Gasteiger partial charge in [0.25, 0.3) is 0 Å². The van der Waals surface area contributed by atoms with E-state index >= 15 is 0 Å². The average molecular weight is 495 g/mol. The number of amides is 1. The smallest absolute Gasteiger partial charge is 0.415 e. The third-order valence-electron chi connectivity index (χ3n) is 5.85. The molecular weight excluding hydrogens is 468 g/mol. The van der Waals surface area contributed by atoms with Crippen molar-refractivity contribution < 1.29 is 19.1 Å². The number of halogens is 1. The molecule has 0 aliphatic carbocycles. The standard InChI is InChI=1S/C26H27ClN4O4/c1-16-13-21(17(2)28-20-11-12-22(27)30-24(20)25(32)34-3)29-23(14-16)31-19(15-35-26(31)33)10-9-18-7-5-4-6-8-18/h4-8,11-14,17,19,28H,9-10,15H2,1-3H3/t17-,19+/m1/s1. The monoisotopic (exact) mass is 494 g/mol. The van der Waals surface area contributed by atoms with E-state index in [1.165, 1.54) is 12.7 Å². The molecule has 0 unspecified atom stereocenters. The van der Waals surface area contributed by atoms with Crippen LogP contribution in [0.15, 0.2) is 54.6 Å². The van der Waals surface area contributed by atoms with Gasteiger partial charge in [-0.3, -0.25) is 4.90 Å². The molecule has 8 nitrogen and oxygen atoms in total. The van der Waals surface area contributed by atoms with Gasteiger partial charge < -0.3 is 14.8 Å². The largest absolute Gasteiger partial charge is 0.464 e. The Hall–Kier alpha value is -3.65. The zero-order chi connectivity index (χ0) is 24.9. The molecule has 1 N–H and O–H groups in total. The molecule has 0 spiro atoms. The van der Waals surface area contributed by atoms with E-state index < -0.39 is 12.1 Å². The Morgan fingerprint density at radius 1 is 1.23 bits per heavy atom. The number of anilines is 2. The SMILES string of the molecule is COC(=O)c1nc(Cl)ccc1N[C@H](C)c1cc(C)cc(N2C(=O)OC[C@@H]2CCc2ccccc2)n1. The molecule has 0 bridgehead atoms. The number of benzene rings is 1. The Balaban J connectivity index is 1.56. The van der Waals surface area contributed by atoms with Crippen LogP contribution in [-0.4, -0.2) is 41.8 Å². The minimum atomic E-state index is -0.596. The first-order valence-corrected chi connectivity index (χ1v) is 11.7. The minimum absolute atomic E-state index is 0.0869. The predicted molar refractivity (Wildman–Crippen MR) is 134 cm³/mol. The Kier molecular flexibility index (Phi) is 7.51. The molecule has 4 rings (SSSR count). The van der Waals surface area contributed by atoms with Crippen LogP contribution < -0.4 is 10.2 Å². The highest BCUT2D eigenvalue weighted by Gasteiger charge is 2.35. The van der Waals surface area contributed by atoms with E-state index in [2.05, 4.69) is 22.4 Å². The number of hydrogen-bond donors (Lipinski definition) is 1. The zero-order valence-corrected chi connectivity index (χ0v) is 20.6. The highest BCUT2D eigenvalue weighted by atomic mass is 35.5. The molecule has 35 heavy (non-hydrogen) atoms. The van der Waals surface area contributed by atoms with Crippen molar-refractivity contribution in [3.05, 3.63) is 82.3 Å².